The number of aromatic nitrogens is 2. The van der Waals surface area contributed by atoms with Gasteiger partial charge in [-0.25, -0.2) is 14.4 Å². The van der Waals surface area contributed by atoms with E-state index in [1.807, 2.05) is 4.90 Å². The maximum Gasteiger partial charge on any atom is 0.272 e. The predicted octanol–water partition coefficient (Wildman–Crippen LogP) is 3.84. The number of benzene rings is 1. The molecular weight excluding hydrogens is 331 g/mol. The number of hydrogen-bond acceptors (Lipinski definition) is 4. The number of rotatable bonds is 9. The van der Waals surface area contributed by atoms with Crippen molar-refractivity contribution in [3.63, 3.8) is 0 Å². The first kappa shape index (κ1) is 19.8. The van der Waals surface area contributed by atoms with Gasteiger partial charge in [0, 0.05) is 25.7 Å². The van der Waals surface area contributed by atoms with E-state index in [0.717, 1.165) is 37.9 Å². The molecule has 0 aliphatic carbocycles. The largest absolute Gasteiger partial charge is 0.370 e. The van der Waals surface area contributed by atoms with Gasteiger partial charge in [-0.3, -0.25) is 4.79 Å². The normalized spacial score (nSPS) is 10.6. The Balaban J connectivity index is 2.03. The molecule has 5 nitrogen and oxygen atoms in total. The summed E-state index contributed by atoms with van der Waals surface area (Å²) in [5.41, 5.74) is 1.46. The molecule has 1 aromatic heterocycles. The van der Waals surface area contributed by atoms with Crippen LogP contribution in [-0.2, 0) is 6.42 Å². The average molecular weight is 358 g/mol. The van der Waals surface area contributed by atoms with Gasteiger partial charge >= 0.3 is 0 Å². The summed E-state index contributed by atoms with van der Waals surface area (Å²) >= 11 is 0. The Morgan fingerprint density at radius 1 is 1.12 bits per heavy atom. The van der Waals surface area contributed by atoms with E-state index in [1.165, 1.54) is 12.1 Å². The Morgan fingerprint density at radius 2 is 1.77 bits per heavy atom. The average Bonchev–Trinajstić information content (AvgIpc) is 2.62. The van der Waals surface area contributed by atoms with Gasteiger partial charge < -0.3 is 10.2 Å². The third-order valence-electron chi connectivity index (χ3n) is 3.96. The molecular formula is C20H27FN4O. The summed E-state index contributed by atoms with van der Waals surface area (Å²) in [6.45, 7) is 7.99. The highest BCUT2D eigenvalue weighted by atomic mass is 19.1. The number of hydrogen-bond donors (Lipinski definition) is 1. The second kappa shape index (κ2) is 9.85. The van der Waals surface area contributed by atoms with Gasteiger partial charge in [-0.05, 0) is 43.9 Å². The molecule has 0 fully saturated rings. The summed E-state index contributed by atoms with van der Waals surface area (Å²) < 4.78 is 12.9. The maximum absolute atomic E-state index is 12.9. The van der Waals surface area contributed by atoms with Crippen LogP contribution in [0.4, 0.5) is 10.2 Å². The molecule has 0 aliphatic heterocycles. The van der Waals surface area contributed by atoms with Crippen molar-refractivity contribution in [2.45, 2.75) is 40.0 Å². The van der Waals surface area contributed by atoms with Crippen molar-refractivity contribution >= 4 is 11.7 Å². The molecule has 1 heterocycles. The number of halogens is 1. The molecule has 1 N–H and O–H groups in total. The summed E-state index contributed by atoms with van der Waals surface area (Å²) in [5.74, 6) is 0.907. The lowest BCUT2D eigenvalue weighted by Crippen LogP contribution is -2.33. The fraction of sp³-hybridized carbons (Fsp3) is 0.450. The van der Waals surface area contributed by atoms with Crippen LogP contribution in [0.1, 0.15) is 48.6 Å². The molecule has 2 aromatic rings. The zero-order valence-electron chi connectivity index (χ0n) is 15.8. The van der Waals surface area contributed by atoms with Crippen LogP contribution in [0.25, 0.3) is 0 Å². The molecule has 0 atom stereocenters. The smallest absolute Gasteiger partial charge is 0.272 e. The van der Waals surface area contributed by atoms with Crippen LogP contribution in [0.15, 0.2) is 30.3 Å². The van der Waals surface area contributed by atoms with Crippen LogP contribution < -0.4 is 5.32 Å². The lowest BCUT2D eigenvalue weighted by molar-refractivity contribution is 0.0749. The van der Waals surface area contributed by atoms with Crippen LogP contribution >= 0.6 is 0 Å². The molecule has 140 valence electrons. The van der Waals surface area contributed by atoms with Gasteiger partial charge in [-0.1, -0.05) is 26.0 Å². The van der Waals surface area contributed by atoms with Crippen LogP contribution in [0.3, 0.4) is 0 Å². The van der Waals surface area contributed by atoms with E-state index in [-0.39, 0.29) is 11.7 Å². The van der Waals surface area contributed by atoms with Crippen LogP contribution in [-0.4, -0.2) is 40.4 Å². The van der Waals surface area contributed by atoms with E-state index in [0.29, 0.717) is 23.9 Å². The highest BCUT2D eigenvalue weighted by Crippen LogP contribution is 2.11. The molecule has 1 aromatic carbocycles. The summed E-state index contributed by atoms with van der Waals surface area (Å²) in [6.07, 6.45) is 2.57. The lowest BCUT2D eigenvalue weighted by Gasteiger charge is -2.21. The molecule has 0 saturated carbocycles. The Morgan fingerprint density at radius 3 is 2.38 bits per heavy atom. The van der Waals surface area contributed by atoms with Crippen molar-refractivity contribution in [3.8, 4) is 0 Å². The van der Waals surface area contributed by atoms with E-state index in [1.54, 1.807) is 25.1 Å². The Labute approximate surface area is 154 Å². The van der Waals surface area contributed by atoms with Gasteiger partial charge in [0.2, 0.25) is 0 Å². The van der Waals surface area contributed by atoms with E-state index in [2.05, 4.69) is 29.1 Å². The van der Waals surface area contributed by atoms with Crippen LogP contribution in [0.2, 0.25) is 0 Å². The molecule has 0 unspecified atom stereocenters. The highest BCUT2D eigenvalue weighted by Gasteiger charge is 2.17. The fourth-order valence-electron chi connectivity index (χ4n) is 2.77. The molecule has 0 spiro atoms. The van der Waals surface area contributed by atoms with Crippen LogP contribution in [0, 0.1) is 12.7 Å². The van der Waals surface area contributed by atoms with Crippen molar-refractivity contribution in [1.82, 2.24) is 14.9 Å². The van der Waals surface area contributed by atoms with E-state index in [9.17, 15) is 9.18 Å². The van der Waals surface area contributed by atoms with Crippen molar-refractivity contribution in [2.24, 2.45) is 0 Å². The Hall–Kier alpha value is -2.50. The SMILES string of the molecule is CCCN(CCC)C(=O)c1cc(NCCc2ccc(F)cc2)nc(C)n1. The van der Waals surface area contributed by atoms with Gasteiger partial charge in [-0.2, -0.15) is 0 Å². The molecule has 1 amide bonds. The topological polar surface area (TPSA) is 58.1 Å². The van der Waals surface area contributed by atoms with Crippen molar-refractivity contribution in [2.75, 3.05) is 25.0 Å². The second-order valence-corrected chi connectivity index (χ2v) is 6.28. The summed E-state index contributed by atoms with van der Waals surface area (Å²) in [6, 6.07) is 8.15. The predicted molar refractivity (Wildman–Crippen MR) is 102 cm³/mol. The summed E-state index contributed by atoms with van der Waals surface area (Å²) in [4.78, 5) is 23.2. The number of aryl methyl sites for hydroxylation is 1. The molecule has 2 rings (SSSR count). The quantitative estimate of drug-likeness (QED) is 0.740. The van der Waals surface area contributed by atoms with Gasteiger partial charge in [0.15, 0.2) is 0 Å². The zero-order chi connectivity index (χ0) is 18.9. The molecule has 0 radical (unpaired) electrons. The minimum Gasteiger partial charge on any atom is -0.370 e. The number of carbonyl (C=O) groups excluding carboxylic acids is 1. The van der Waals surface area contributed by atoms with Crippen molar-refractivity contribution < 1.29 is 9.18 Å². The Kier molecular flexibility index (Phi) is 7.51. The Bertz CT molecular complexity index is 712. The first-order valence-electron chi connectivity index (χ1n) is 9.16. The molecule has 0 saturated heterocycles. The molecule has 0 bridgehead atoms. The van der Waals surface area contributed by atoms with Crippen molar-refractivity contribution in [1.29, 1.82) is 0 Å². The molecule has 0 aliphatic rings. The van der Waals surface area contributed by atoms with Gasteiger partial charge in [-0.15, -0.1) is 0 Å². The number of anilines is 1. The number of carbonyl (C=O) groups is 1. The minimum absolute atomic E-state index is 0.0548. The monoisotopic (exact) mass is 358 g/mol. The zero-order valence-corrected chi connectivity index (χ0v) is 15.8. The summed E-state index contributed by atoms with van der Waals surface area (Å²) in [5, 5.41) is 3.23. The second-order valence-electron chi connectivity index (χ2n) is 6.28. The first-order chi connectivity index (χ1) is 12.5. The number of amides is 1. The van der Waals surface area contributed by atoms with Crippen molar-refractivity contribution in [3.05, 3.63) is 53.2 Å². The summed E-state index contributed by atoms with van der Waals surface area (Å²) in [7, 11) is 0. The number of nitrogens with one attached hydrogen (secondary N) is 1. The standard InChI is InChI=1S/C20H27FN4O/c1-4-12-25(13-5-2)20(26)18-14-19(24-15(3)23-18)22-11-10-16-6-8-17(21)9-7-16/h6-9,14H,4-5,10-13H2,1-3H3,(H,22,23,24). The first-order valence-corrected chi connectivity index (χ1v) is 9.16. The fourth-order valence-corrected chi connectivity index (χ4v) is 2.77. The minimum atomic E-state index is -0.236. The third kappa shape index (κ3) is 5.79. The van der Waals surface area contributed by atoms with E-state index >= 15 is 0 Å². The van der Waals surface area contributed by atoms with Gasteiger partial charge in [0.05, 0.1) is 0 Å². The van der Waals surface area contributed by atoms with Crippen LogP contribution in [0.5, 0.6) is 0 Å². The molecule has 26 heavy (non-hydrogen) atoms. The van der Waals surface area contributed by atoms with E-state index < -0.39 is 0 Å². The van der Waals surface area contributed by atoms with Gasteiger partial charge in [0.1, 0.15) is 23.2 Å². The maximum atomic E-state index is 12.9. The van der Waals surface area contributed by atoms with E-state index in [4.69, 9.17) is 0 Å². The third-order valence-corrected chi connectivity index (χ3v) is 3.96. The lowest BCUT2D eigenvalue weighted by atomic mass is 10.1. The highest BCUT2D eigenvalue weighted by molar-refractivity contribution is 5.93. The number of nitrogens with zero attached hydrogens (tertiary/aromatic N) is 3. The van der Waals surface area contributed by atoms with Gasteiger partial charge in [0.25, 0.3) is 5.91 Å². The molecule has 6 heteroatoms.